The summed E-state index contributed by atoms with van der Waals surface area (Å²) < 4.78 is 54.9. The second-order valence-electron chi connectivity index (χ2n) is 5.71. The summed E-state index contributed by atoms with van der Waals surface area (Å²) >= 11 is 0. The number of halogens is 2. The van der Waals surface area contributed by atoms with E-state index >= 15 is 0 Å². The van der Waals surface area contributed by atoms with Crippen LogP contribution in [0.4, 0.5) is 14.5 Å². The summed E-state index contributed by atoms with van der Waals surface area (Å²) in [6, 6.07) is 5.20. The van der Waals surface area contributed by atoms with Gasteiger partial charge in [0.25, 0.3) is 0 Å². The third-order valence-corrected chi connectivity index (χ3v) is 5.35. The predicted molar refractivity (Wildman–Crippen MR) is 86.0 cm³/mol. The molecule has 25 heavy (non-hydrogen) atoms. The van der Waals surface area contributed by atoms with Crippen LogP contribution in [-0.2, 0) is 27.7 Å². The van der Waals surface area contributed by atoms with E-state index in [1.807, 2.05) is 4.68 Å². The number of hydrogen-bond acceptors (Lipinski definition) is 6. The second-order valence-corrected chi connectivity index (χ2v) is 7.63. The zero-order valence-corrected chi connectivity index (χ0v) is 14.3. The van der Waals surface area contributed by atoms with E-state index in [0.29, 0.717) is 18.1 Å². The fourth-order valence-electron chi connectivity index (χ4n) is 2.77. The number of methoxy groups -OCH3 is 1. The van der Waals surface area contributed by atoms with E-state index in [9.17, 15) is 17.2 Å². The Morgan fingerprint density at radius 3 is 2.72 bits per heavy atom. The zero-order valence-electron chi connectivity index (χ0n) is 13.5. The molecule has 1 atom stereocenters. The van der Waals surface area contributed by atoms with Crippen molar-refractivity contribution in [3.8, 4) is 0 Å². The van der Waals surface area contributed by atoms with Crippen LogP contribution in [0, 0.1) is 0 Å². The maximum atomic E-state index is 12.6. The molecule has 0 fully saturated rings. The van der Waals surface area contributed by atoms with Gasteiger partial charge < -0.3 is 10.1 Å². The number of fused-ring (bicyclic) bond motifs is 1. The van der Waals surface area contributed by atoms with Gasteiger partial charge in [0.15, 0.2) is 5.82 Å². The highest BCUT2D eigenvalue weighted by Crippen LogP contribution is 2.28. The van der Waals surface area contributed by atoms with Crippen LogP contribution in [0.2, 0.25) is 0 Å². The van der Waals surface area contributed by atoms with Crippen LogP contribution in [0.25, 0.3) is 0 Å². The highest BCUT2D eigenvalue weighted by Gasteiger charge is 2.27. The molecule has 0 bridgehead atoms. The van der Waals surface area contributed by atoms with Gasteiger partial charge in [-0.25, -0.2) is 18.1 Å². The number of benzene rings is 1. The minimum absolute atomic E-state index is 0.0931. The molecule has 10 heteroatoms. The van der Waals surface area contributed by atoms with Crippen molar-refractivity contribution in [2.75, 3.05) is 12.4 Å². The normalized spacial score (nSPS) is 17.5. The Morgan fingerprint density at radius 2 is 2.08 bits per heavy atom. The van der Waals surface area contributed by atoms with E-state index < -0.39 is 20.5 Å². The van der Waals surface area contributed by atoms with Crippen LogP contribution in [-0.4, -0.2) is 36.0 Å². The molecule has 0 radical (unpaired) electrons. The van der Waals surface area contributed by atoms with E-state index in [1.165, 1.54) is 24.3 Å². The van der Waals surface area contributed by atoms with Crippen LogP contribution in [0.3, 0.4) is 0 Å². The molecule has 7 nitrogen and oxygen atoms in total. The Bertz CT molecular complexity index is 837. The number of hydrogen-bond donors (Lipinski definition) is 1. The fraction of sp³-hybridized carbons (Fsp3) is 0.467. The van der Waals surface area contributed by atoms with Crippen molar-refractivity contribution >= 4 is 15.5 Å². The predicted octanol–water partition coefficient (Wildman–Crippen LogP) is 2.37. The lowest BCUT2D eigenvalue weighted by Crippen LogP contribution is -2.22. The first-order valence-electron chi connectivity index (χ1n) is 7.73. The monoisotopic (exact) mass is 372 g/mol. The number of aromatic nitrogens is 3. The summed E-state index contributed by atoms with van der Waals surface area (Å²) in [7, 11) is -3.01. The second kappa shape index (κ2) is 7.04. The van der Waals surface area contributed by atoms with E-state index in [1.54, 1.807) is 7.11 Å². The van der Waals surface area contributed by atoms with Crippen molar-refractivity contribution in [2.45, 2.75) is 42.7 Å². The largest absolute Gasteiger partial charge is 0.377 e. The van der Waals surface area contributed by atoms with E-state index in [-0.39, 0.29) is 6.04 Å². The summed E-state index contributed by atoms with van der Waals surface area (Å²) in [5, 5.41) is 7.63. The molecule has 1 aromatic carbocycles. The van der Waals surface area contributed by atoms with Crippen LogP contribution in [0.5, 0.6) is 0 Å². The fourth-order valence-corrected chi connectivity index (χ4v) is 3.49. The summed E-state index contributed by atoms with van der Waals surface area (Å²) in [6.07, 6.45) is 1.75. The van der Waals surface area contributed by atoms with Gasteiger partial charge in [0.1, 0.15) is 12.4 Å². The van der Waals surface area contributed by atoms with E-state index in [2.05, 4.69) is 15.4 Å². The molecule has 3 rings (SSSR count). The van der Waals surface area contributed by atoms with Crippen molar-refractivity contribution in [1.82, 2.24) is 14.8 Å². The van der Waals surface area contributed by atoms with Crippen LogP contribution < -0.4 is 5.32 Å². The first kappa shape index (κ1) is 17.7. The Labute approximate surface area is 143 Å². The maximum Gasteiger partial charge on any atom is 0.341 e. The highest BCUT2D eigenvalue weighted by atomic mass is 32.2. The van der Waals surface area contributed by atoms with Gasteiger partial charge in [-0.05, 0) is 37.1 Å². The minimum Gasteiger partial charge on any atom is -0.377 e. The summed E-state index contributed by atoms with van der Waals surface area (Å²) in [4.78, 5) is 4.07. The van der Waals surface area contributed by atoms with Gasteiger partial charge in [-0.1, -0.05) is 0 Å². The summed E-state index contributed by atoms with van der Waals surface area (Å²) in [5.74, 6) is -2.05. The molecule has 1 aliphatic rings. The number of anilines is 1. The summed E-state index contributed by atoms with van der Waals surface area (Å²) in [5.41, 5.74) is 0.628. The number of nitrogens with zero attached hydrogens (tertiary/aromatic N) is 3. The molecule has 2 heterocycles. The third kappa shape index (κ3) is 3.64. The van der Waals surface area contributed by atoms with Gasteiger partial charge >= 0.3 is 5.76 Å². The Kier molecular flexibility index (Phi) is 5.00. The standard InChI is InChI=1S/C15H18F2N4O3S/c1-24-9-13-19-14-12(3-2-8-21(14)20-13)18-10-4-6-11(7-5-10)25(22,23)15(16)17/h4-7,12,15,18H,2-3,8-9H2,1H3. The van der Waals surface area contributed by atoms with Crippen molar-refractivity contribution in [3.63, 3.8) is 0 Å². The average molecular weight is 372 g/mol. The van der Waals surface area contributed by atoms with Gasteiger partial charge in [0.05, 0.1) is 10.9 Å². The highest BCUT2D eigenvalue weighted by molar-refractivity contribution is 7.91. The first-order valence-corrected chi connectivity index (χ1v) is 9.27. The van der Waals surface area contributed by atoms with Gasteiger partial charge in [-0.3, -0.25) is 0 Å². The number of rotatable bonds is 6. The van der Waals surface area contributed by atoms with Gasteiger partial charge in [-0.15, -0.1) is 0 Å². The molecular formula is C15H18F2N4O3S. The Balaban J connectivity index is 1.78. The maximum absolute atomic E-state index is 12.6. The SMILES string of the molecule is COCc1nc2n(n1)CCCC2Nc1ccc(S(=O)(=O)C(F)F)cc1. The van der Waals surface area contributed by atoms with E-state index in [4.69, 9.17) is 4.74 Å². The molecule has 0 saturated carbocycles. The van der Waals surface area contributed by atoms with Crippen molar-refractivity contribution in [1.29, 1.82) is 0 Å². The van der Waals surface area contributed by atoms with Crippen molar-refractivity contribution in [3.05, 3.63) is 35.9 Å². The van der Waals surface area contributed by atoms with Gasteiger partial charge in [0.2, 0.25) is 9.84 Å². The lowest BCUT2D eigenvalue weighted by molar-refractivity contribution is 0.177. The molecule has 1 N–H and O–H groups in total. The molecule has 0 amide bonds. The number of nitrogens with one attached hydrogen (secondary N) is 1. The third-order valence-electron chi connectivity index (χ3n) is 3.95. The van der Waals surface area contributed by atoms with Gasteiger partial charge in [0, 0.05) is 19.3 Å². The van der Waals surface area contributed by atoms with Crippen LogP contribution >= 0.6 is 0 Å². The molecule has 0 saturated heterocycles. The lowest BCUT2D eigenvalue weighted by atomic mass is 10.1. The molecule has 136 valence electrons. The topological polar surface area (TPSA) is 86.1 Å². The zero-order chi connectivity index (χ0) is 18.0. The first-order chi connectivity index (χ1) is 11.9. The molecule has 2 aromatic rings. The number of ether oxygens (including phenoxy) is 1. The molecule has 1 aromatic heterocycles. The van der Waals surface area contributed by atoms with E-state index in [0.717, 1.165) is 25.2 Å². The average Bonchev–Trinajstić information content (AvgIpc) is 2.99. The number of aryl methyl sites for hydroxylation is 1. The molecule has 1 aliphatic heterocycles. The van der Waals surface area contributed by atoms with Crippen molar-refractivity contribution in [2.24, 2.45) is 0 Å². The number of alkyl halides is 2. The molecular weight excluding hydrogens is 354 g/mol. The minimum atomic E-state index is -4.58. The van der Waals surface area contributed by atoms with Crippen LogP contribution in [0.1, 0.15) is 30.5 Å². The molecule has 1 unspecified atom stereocenters. The van der Waals surface area contributed by atoms with Gasteiger partial charge in [-0.2, -0.15) is 13.9 Å². The molecule has 0 spiro atoms. The Hall–Kier alpha value is -2.07. The smallest absolute Gasteiger partial charge is 0.341 e. The quantitative estimate of drug-likeness (QED) is 0.838. The van der Waals surface area contributed by atoms with Crippen molar-refractivity contribution < 1.29 is 21.9 Å². The lowest BCUT2D eigenvalue weighted by Gasteiger charge is -2.24. The Morgan fingerprint density at radius 1 is 1.36 bits per heavy atom. The molecule has 0 aliphatic carbocycles. The number of sulfone groups is 1. The van der Waals surface area contributed by atoms with Crippen LogP contribution in [0.15, 0.2) is 29.2 Å². The summed E-state index contributed by atoms with van der Waals surface area (Å²) in [6.45, 7) is 1.10.